The molecule has 9 nitrogen and oxygen atoms in total. The number of rotatable bonds is 5. The molecule has 172 valence electrons. The number of aryl methyl sites for hydroxylation is 2. The minimum absolute atomic E-state index is 0.168. The van der Waals surface area contributed by atoms with Crippen LogP contribution in [0.15, 0.2) is 33.4 Å². The number of esters is 1. The molecule has 1 aliphatic carbocycles. The summed E-state index contributed by atoms with van der Waals surface area (Å²) in [6.07, 6.45) is 6.49. The molecule has 4 aromatic heterocycles. The minimum atomic E-state index is -0.718. The van der Waals surface area contributed by atoms with Gasteiger partial charge >= 0.3 is 5.97 Å². The van der Waals surface area contributed by atoms with Crippen LogP contribution < -0.4 is 5.32 Å². The maximum atomic E-state index is 12.9. The van der Waals surface area contributed by atoms with Gasteiger partial charge in [-0.2, -0.15) is 5.26 Å². The molecule has 10 heteroatoms. The Bertz CT molecular complexity index is 1430. The van der Waals surface area contributed by atoms with Crippen molar-refractivity contribution in [2.24, 2.45) is 0 Å². The molecule has 0 spiro atoms. The number of hydrogen-bond acceptors (Lipinski definition) is 9. The number of nitriles is 1. The third-order valence-electron chi connectivity index (χ3n) is 5.73. The molecule has 1 aliphatic rings. The predicted octanol–water partition coefficient (Wildman–Crippen LogP) is 4.79. The Hall–Kier alpha value is -3.97. The highest BCUT2D eigenvalue weighted by Crippen LogP contribution is 2.37. The van der Waals surface area contributed by atoms with Gasteiger partial charge in [-0.25, -0.2) is 9.78 Å². The molecule has 0 saturated heterocycles. The van der Waals surface area contributed by atoms with Gasteiger partial charge in [-0.1, -0.05) is 11.6 Å². The number of aromatic nitrogens is 2. The molecule has 0 bridgehead atoms. The molecule has 0 radical (unpaired) electrons. The molecule has 0 aliphatic heterocycles. The van der Waals surface area contributed by atoms with E-state index < -0.39 is 18.5 Å². The Morgan fingerprint density at radius 3 is 2.94 bits per heavy atom. The topological polar surface area (TPSA) is 131 Å². The monoisotopic (exact) mass is 476 g/mol. The van der Waals surface area contributed by atoms with E-state index in [0.29, 0.717) is 33.1 Å². The molecule has 0 atom stereocenters. The van der Waals surface area contributed by atoms with Crippen LogP contribution >= 0.6 is 11.3 Å². The highest BCUT2D eigenvalue weighted by molar-refractivity contribution is 7.16. The van der Waals surface area contributed by atoms with Gasteiger partial charge in [-0.05, 0) is 56.4 Å². The Kier molecular flexibility index (Phi) is 5.86. The fraction of sp³-hybridized carbons (Fsp3) is 0.292. The summed E-state index contributed by atoms with van der Waals surface area (Å²) in [4.78, 5) is 31.0. The van der Waals surface area contributed by atoms with E-state index in [1.807, 2.05) is 0 Å². The van der Waals surface area contributed by atoms with Gasteiger partial charge in [0.2, 0.25) is 0 Å². The van der Waals surface area contributed by atoms with E-state index in [9.17, 15) is 14.9 Å². The average molecular weight is 477 g/mol. The van der Waals surface area contributed by atoms with Gasteiger partial charge in [-0.3, -0.25) is 4.79 Å². The Labute approximate surface area is 198 Å². The molecular formula is C24H20N4O5S. The highest BCUT2D eigenvalue weighted by Gasteiger charge is 2.24. The molecule has 34 heavy (non-hydrogen) atoms. The van der Waals surface area contributed by atoms with Crippen LogP contribution in [0.25, 0.3) is 22.6 Å². The standard InChI is InChI=1S/C24H20N4O5S/c1-13-21-15(10-17(18-7-5-9-31-18)26-22(21)33-28-13)24(30)32-12-20(29)27-23-16(11-25)14-6-3-2-4-8-19(14)34-23/h5,7,9-10H,2-4,6,8,12H2,1H3,(H,27,29). The van der Waals surface area contributed by atoms with E-state index >= 15 is 0 Å². The average Bonchev–Trinajstić information content (AvgIpc) is 3.53. The molecule has 1 amide bonds. The summed E-state index contributed by atoms with van der Waals surface area (Å²) in [6.45, 7) is 1.18. The number of nitrogens with one attached hydrogen (secondary N) is 1. The SMILES string of the molecule is Cc1noc2nc(-c3ccco3)cc(C(=O)OCC(=O)Nc3sc4c(c3C#N)CCCCC4)c12. The van der Waals surface area contributed by atoms with Crippen molar-refractivity contribution in [2.75, 3.05) is 11.9 Å². The third kappa shape index (κ3) is 4.06. The third-order valence-corrected chi connectivity index (χ3v) is 6.94. The number of fused-ring (bicyclic) bond motifs is 2. The van der Waals surface area contributed by atoms with Crippen molar-refractivity contribution in [3.05, 3.63) is 51.7 Å². The zero-order chi connectivity index (χ0) is 23.7. The predicted molar refractivity (Wildman–Crippen MR) is 123 cm³/mol. The number of anilines is 1. The highest BCUT2D eigenvalue weighted by atomic mass is 32.1. The van der Waals surface area contributed by atoms with Gasteiger partial charge in [-0.15, -0.1) is 11.3 Å². The quantitative estimate of drug-likeness (QED) is 0.321. The molecule has 5 rings (SSSR count). The number of nitrogens with zero attached hydrogens (tertiary/aromatic N) is 3. The summed E-state index contributed by atoms with van der Waals surface area (Å²) in [5.74, 6) is -0.784. The zero-order valence-electron chi connectivity index (χ0n) is 18.3. The number of ether oxygens (including phenoxy) is 1. The molecule has 4 aromatic rings. The Balaban J connectivity index is 1.34. The molecule has 0 saturated carbocycles. The summed E-state index contributed by atoms with van der Waals surface area (Å²) in [7, 11) is 0. The van der Waals surface area contributed by atoms with Crippen molar-refractivity contribution in [1.29, 1.82) is 5.26 Å². The smallest absolute Gasteiger partial charge is 0.339 e. The summed E-state index contributed by atoms with van der Waals surface area (Å²) in [5.41, 5.74) is 2.74. The fourth-order valence-electron chi connectivity index (χ4n) is 4.13. The van der Waals surface area contributed by atoms with E-state index in [4.69, 9.17) is 13.7 Å². The van der Waals surface area contributed by atoms with Gasteiger partial charge in [0.05, 0.1) is 28.5 Å². The largest absolute Gasteiger partial charge is 0.463 e. The molecule has 1 N–H and O–H groups in total. The van der Waals surface area contributed by atoms with Gasteiger partial charge in [0.25, 0.3) is 11.6 Å². The van der Waals surface area contributed by atoms with Crippen molar-refractivity contribution in [3.8, 4) is 17.5 Å². The first kappa shape index (κ1) is 21.9. The normalized spacial score (nSPS) is 13.2. The lowest BCUT2D eigenvalue weighted by atomic mass is 10.1. The van der Waals surface area contributed by atoms with Crippen LogP contribution in [0.1, 0.15) is 51.3 Å². The van der Waals surface area contributed by atoms with E-state index in [0.717, 1.165) is 42.5 Å². The summed E-state index contributed by atoms with van der Waals surface area (Å²) < 4.78 is 15.9. The Morgan fingerprint density at radius 1 is 1.29 bits per heavy atom. The summed E-state index contributed by atoms with van der Waals surface area (Å²) in [5, 5.41) is 17.2. The van der Waals surface area contributed by atoms with E-state index in [-0.39, 0.29) is 11.3 Å². The first-order chi connectivity index (χ1) is 16.5. The summed E-state index contributed by atoms with van der Waals surface area (Å²) >= 11 is 1.43. The van der Waals surface area contributed by atoms with Crippen molar-refractivity contribution in [3.63, 3.8) is 0 Å². The van der Waals surface area contributed by atoms with Crippen molar-refractivity contribution in [2.45, 2.75) is 39.0 Å². The number of carbonyl (C=O) groups is 2. The van der Waals surface area contributed by atoms with Crippen molar-refractivity contribution < 1.29 is 23.3 Å². The molecule has 0 aromatic carbocycles. The van der Waals surface area contributed by atoms with E-state index in [1.54, 1.807) is 19.1 Å². The number of hydrogen-bond donors (Lipinski definition) is 1. The van der Waals surface area contributed by atoms with Crippen LogP contribution in [0.4, 0.5) is 5.00 Å². The second-order valence-electron chi connectivity index (χ2n) is 7.99. The van der Waals surface area contributed by atoms with Crippen LogP contribution in [0.2, 0.25) is 0 Å². The maximum Gasteiger partial charge on any atom is 0.339 e. The zero-order valence-corrected chi connectivity index (χ0v) is 19.2. The van der Waals surface area contributed by atoms with Crippen molar-refractivity contribution in [1.82, 2.24) is 10.1 Å². The lowest BCUT2D eigenvalue weighted by Gasteiger charge is -2.08. The minimum Gasteiger partial charge on any atom is -0.463 e. The maximum absolute atomic E-state index is 12.9. The van der Waals surface area contributed by atoms with Crippen LogP contribution in [0, 0.1) is 18.3 Å². The molecular weight excluding hydrogens is 456 g/mol. The number of amides is 1. The van der Waals surface area contributed by atoms with Gasteiger partial charge in [0.15, 0.2) is 12.4 Å². The lowest BCUT2D eigenvalue weighted by molar-refractivity contribution is -0.119. The lowest BCUT2D eigenvalue weighted by Crippen LogP contribution is -2.21. The second-order valence-corrected chi connectivity index (χ2v) is 9.09. The van der Waals surface area contributed by atoms with Gasteiger partial charge in [0, 0.05) is 4.88 Å². The number of pyridine rings is 1. The van der Waals surface area contributed by atoms with Crippen LogP contribution in [0.5, 0.6) is 0 Å². The number of carbonyl (C=O) groups excluding carboxylic acids is 2. The van der Waals surface area contributed by atoms with Crippen LogP contribution in [-0.4, -0.2) is 28.6 Å². The van der Waals surface area contributed by atoms with Gasteiger partial charge in [0.1, 0.15) is 16.8 Å². The van der Waals surface area contributed by atoms with Gasteiger partial charge < -0.3 is 19.0 Å². The second kappa shape index (κ2) is 9.11. The van der Waals surface area contributed by atoms with Crippen LogP contribution in [0.3, 0.4) is 0 Å². The van der Waals surface area contributed by atoms with E-state index in [2.05, 4.69) is 21.5 Å². The molecule has 0 unspecified atom stereocenters. The number of furan rings is 1. The first-order valence-corrected chi connectivity index (χ1v) is 11.7. The summed E-state index contributed by atoms with van der Waals surface area (Å²) in [6, 6.07) is 7.16. The fourth-order valence-corrected chi connectivity index (χ4v) is 5.38. The molecule has 4 heterocycles. The van der Waals surface area contributed by atoms with Crippen LogP contribution in [-0.2, 0) is 22.4 Å². The van der Waals surface area contributed by atoms with E-state index in [1.165, 1.54) is 23.7 Å². The Morgan fingerprint density at radius 2 is 2.15 bits per heavy atom. The number of thiophene rings is 1. The van der Waals surface area contributed by atoms with Crippen molar-refractivity contribution >= 4 is 39.3 Å². The first-order valence-electron chi connectivity index (χ1n) is 10.9. The molecule has 0 fully saturated rings.